The Labute approximate surface area is 155 Å². The molecule has 1 amide bonds. The molecule has 1 fully saturated rings. The van der Waals surface area contributed by atoms with Gasteiger partial charge in [-0.25, -0.2) is 4.98 Å². The van der Waals surface area contributed by atoms with Gasteiger partial charge in [-0.15, -0.1) is 0 Å². The van der Waals surface area contributed by atoms with Crippen molar-refractivity contribution in [2.24, 2.45) is 0 Å². The van der Waals surface area contributed by atoms with Gasteiger partial charge in [0, 0.05) is 13.2 Å². The zero-order valence-electron chi connectivity index (χ0n) is 14.3. The number of rotatable bonds is 7. The number of hydrogen-bond acceptors (Lipinski definition) is 6. The minimum Gasteiger partial charge on any atom is -0.376 e. The Kier molecular flexibility index (Phi) is 6.26. The van der Waals surface area contributed by atoms with E-state index in [1.54, 1.807) is 16.7 Å². The van der Waals surface area contributed by atoms with E-state index in [1.165, 1.54) is 11.8 Å². The van der Waals surface area contributed by atoms with Crippen molar-refractivity contribution in [3.05, 3.63) is 34.6 Å². The second-order valence-corrected chi connectivity index (χ2v) is 6.95. The number of carbonyl (C=O) groups excluding carboxylic acids is 1. The number of nitrogens with zero attached hydrogens (tertiary/aromatic N) is 3. The van der Waals surface area contributed by atoms with Gasteiger partial charge in [0.2, 0.25) is 5.91 Å². The van der Waals surface area contributed by atoms with Crippen LogP contribution in [-0.2, 0) is 16.1 Å². The first-order valence-electron chi connectivity index (χ1n) is 8.56. The average molecular weight is 372 g/mol. The van der Waals surface area contributed by atoms with Crippen LogP contribution in [0.5, 0.6) is 0 Å². The number of thioether (sulfide) groups is 1. The topological polar surface area (TPSA) is 97.0 Å². The third kappa shape index (κ3) is 4.42. The first-order chi connectivity index (χ1) is 12.7. The Morgan fingerprint density at radius 2 is 2.31 bits per heavy atom. The molecule has 1 saturated heterocycles. The summed E-state index contributed by atoms with van der Waals surface area (Å²) in [6, 6.07) is 9.19. The van der Waals surface area contributed by atoms with Crippen LogP contribution in [0.4, 0.5) is 0 Å². The minimum absolute atomic E-state index is 0.000493. The number of aromatic nitrogens is 2. The molecule has 1 aromatic carbocycles. The summed E-state index contributed by atoms with van der Waals surface area (Å²) in [5, 5.41) is 12.3. The third-order valence-electron chi connectivity index (χ3n) is 4.13. The fourth-order valence-corrected chi connectivity index (χ4v) is 3.69. The van der Waals surface area contributed by atoms with Crippen LogP contribution in [0.1, 0.15) is 19.3 Å². The van der Waals surface area contributed by atoms with Crippen molar-refractivity contribution < 1.29 is 9.53 Å². The van der Waals surface area contributed by atoms with Gasteiger partial charge in [-0.05, 0) is 25.0 Å². The zero-order valence-corrected chi connectivity index (χ0v) is 15.1. The molecule has 1 aliphatic rings. The molecule has 3 rings (SSSR count). The number of benzene rings is 1. The predicted octanol–water partition coefficient (Wildman–Crippen LogP) is 1.70. The van der Waals surface area contributed by atoms with Crippen molar-refractivity contribution in [3.63, 3.8) is 0 Å². The van der Waals surface area contributed by atoms with E-state index in [0.717, 1.165) is 12.8 Å². The number of nitriles is 1. The molecule has 7 nitrogen and oxygen atoms in total. The van der Waals surface area contributed by atoms with E-state index in [4.69, 9.17) is 10.00 Å². The van der Waals surface area contributed by atoms with Crippen LogP contribution in [0, 0.1) is 11.3 Å². The Morgan fingerprint density at radius 3 is 3.08 bits per heavy atom. The summed E-state index contributed by atoms with van der Waals surface area (Å²) in [5.41, 5.74) is 0.506. The molecule has 0 aliphatic carbocycles. The molecule has 26 heavy (non-hydrogen) atoms. The molecule has 2 aromatic rings. The lowest BCUT2D eigenvalue weighted by Crippen LogP contribution is -2.30. The number of nitrogens with one attached hydrogen (secondary N) is 1. The van der Waals surface area contributed by atoms with E-state index in [0.29, 0.717) is 35.8 Å². The number of para-hydroxylation sites is 1. The highest BCUT2D eigenvalue weighted by molar-refractivity contribution is 7.99. The molecular weight excluding hydrogens is 352 g/mol. The average Bonchev–Trinajstić information content (AvgIpc) is 3.16. The predicted molar refractivity (Wildman–Crippen MR) is 98.9 cm³/mol. The second-order valence-electron chi connectivity index (χ2n) is 6.01. The Bertz CT molecular complexity index is 884. The molecule has 0 radical (unpaired) electrons. The van der Waals surface area contributed by atoms with Gasteiger partial charge in [0.15, 0.2) is 5.16 Å². The summed E-state index contributed by atoms with van der Waals surface area (Å²) >= 11 is 1.23. The quantitative estimate of drug-likeness (QED) is 0.451. The molecule has 0 bridgehead atoms. The SMILES string of the molecule is N#CCCNC(=O)CSc1nc2ccccc2c(=O)n1C[C@H]1CCCO1. The van der Waals surface area contributed by atoms with Crippen LogP contribution in [-0.4, -0.2) is 40.5 Å². The van der Waals surface area contributed by atoms with E-state index < -0.39 is 0 Å². The number of hydrogen-bond donors (Lipinski definition) is 1. The first kappa shape index (κ1) is 18.4. The number of ether oxygens (including phenoxy) is 1. The lowest BCUT2D eigenvalue weighted by Gasteiger charge is -2.16. The summed E-state index contributed by atoms with van der Waals surface area (Å²) in [5.74, 6) is -0.0434. The molecule has 0 unspecified atom stereocenters. The molecule has 2 heterocycles. The molecule has 0 saturated carbocycles. The van der Waals surface area contributed by atoms with Crippen molar-refractivity contribution in [2.75, 3.05) is 18.9 Å². The van der Waals surface area contributed by atoms with Gasteiger partial charge in [0.25, 0.3) is 5.56 Å². The van der Waals surface area contributed by atoms with Crippen LogP contribution in [0.25, 0.3) is 10.9 Å². The van der Waals surface area contributed by atoms with E-state index in [2.05, 4.69) is 10.3 Å². The van der Waals surface area contributed by atoms with Crippen LogP contribution in [0.15, 0.2) is 34.2 Å². The van der Waals surface area contributed by atoms with Crippen LogP contribution in [0.3, 0.4) is 0 Å². The summed E-state index contributed by atoms with van der Waals surface area (Å²) in [4.78, 5) is 29.4. The molecule has 136 valence electrons. The Morgan fingerprint density at radius 1 is 1.46 bits per heavy atom. The van der Waals surface area contributed by atoms with Crippen LogP contribution >= 0.6 is 11.8 Å². The molecule has 0 spiro atoms. The number of amides is 1. The maximum Gasteiger partial charge on any atom is 0.262 e. The van der Waals surface area contributed by atoms with Crippen molar-refractivity contribution in [1.82, 2.24) is 14.9 Å². The van der Waals surface area contributed by atoms with E-state index >= 15 is 0 Å². The summed E-state index contributed by atoms with van der Waals surface area (Å²) < 4.78 is 7.28. The largest absolute Gasteiger partial charge is 0.376 e. The van der Waals surface area contributed by atoms with Gasteiger partial charge in [0.1, 0.15) is 0 Å². The molecule has 1 aromatic heterocycles. The lowest BCUT2D eigenvalue weighted by atomic mass is 10.2. The Balaban J connectivity index is 1.83. The van der Waals surface area contributed by atoms with Crippen molar-refractivity contribution in [2.45, 2.75) is 37.1 Å². The standard InChI is InChI=1S/C18H20N4O3S/c19-8-4-9-20-16(23)12-26-18-21-15-7-2-1-6-14(15)17(24)22(18)11-13-5-3-10-25-13/h1-2,6-7,13H,3-5,9-12H2,(H,20,23)/t13-/m1/s1. The molecular formula is C18H20N4O3S. The zero-order chi connectivity index (χ0) is 18.4. The smallest absolute Gasteiger partial charge is 0.262 e. The normalized spacial score (nSPS) is 16.5. The number of carbonyl (C=O) groups is 1. The van der Waals surface area contributed by atoms with Gasteiger partial charge in [0.05, 0.1) is 41.8 Å². The molecule has 1 aliphatic heterocycles. The monoisotopic (exact) mass is 372 g/mol. The Hall–Kier alpha value is -2.37. The second kappa shape index (κ2) is 8.83. The van der Waals surface area contributed by atoms with E-state index in [-0.39, 0.29) is 29.7 Å². The molecule has 8 heteroatoms. The van der Waals surface area contributed by atoms with Gasteiger partial charge in [-0.1, -0.05) is 23.9 Å². The highest BCUT2D eigenvalue weighted by atomic mass is 32.2. The van der Waals surface area contributed by atoms with Crippen molar-refractivity contribution in [1.29, 1.82) is 5.26 Å². The third-order valence-corrected chi connectivity index (χ3v) is 5.10. The van der Waals surface area contributed by atoms with Crippen molar-refractivity contribution in [3.8, 4) is 6.07 Å². The maximum absolute atomic E-state index is 12.9. The summed E-state index contributed by atoms with van der Waals surface area (Å²) in [6.45, 7) is 1.48. The molecule has 1 atom stereocenters. The lowest BCUT2D eigenvalue weighted by molar-refractivity contribution is -0.118. The van der Waals surface area contributed by atoms with Crippen LogP contribution in [0.2, 0.25) is 0 Å². The molecule has 1 N–H and O–H groups in total. The van der Waals surface area contributed by atoms with Gasteiger partial charge >= 0.3 is 0 Å². The van der Waals surface area contributed by atoms with Gasteiger partial charge in [-0.3, -0.25) is 14.2 Å². The van der Waals surface area contributed by atoms with E-state index in [1.807, 2.05) is 18.2 Å². The minimum atomic E-state index is -0.184. The van der Waals surface area contributed by atoms with Crippen molar-refractivity contribution >= 4 is 28.6 Å². The van der Waals surface area contributed by atoms with Gasteiger partial charge in [-0.2, -0.15) is 5.26 Å². The first-order valence-corrected chi connectivity index (χ1v) is 9.55. The fraction of sp³-hybridized carbons (Fsp3) is 0.444. The fourth-order valence-electron chi connectivity index (χ4n) is 2.85. The summed E-state index contributed by atoms with van der Waals surface area (Å²) in [7, 11) is 0. The highest BCUT2D eigenvalue weighted by Gasteiger charge is 2.20. The highest BCUT2D eigenvalue weighted by Crippen LogP contribution is 2.20. The van der Waals surface area contributed by atoms with Gasteiger partial charge < -0.3 is 10.1 Å². The summed E-state index contributed by atoms with van der Waals surface area (Å²) in [6.07, 6.45) is 2.18. The number of fused-ring (bicyclic) bond motifs is 1. The van der Waals surface area contributed by atoms with Crippen LogP contribution < -0.4 is 10.9 Å². The van der Waals surface area contributed by atoms with E-state index in [9.17, 15) is 9.59 Å². The maximum atomic E-state index is 12.9.